The van der Waals surface area contributed by atoms with Crippen LogP contribution in [0.15, 0.2) is 17.2 Å². The number of anilines is 1. The summed E-state index contributed by atoms with van der Waals surface area (Å²) in [6.07, 6.45) is 3.10. The van der Waals surface area contributed by atoms with E-state index in [2.05, 4.69) is 20.0 Å². The van der Waals surface area contributed by atoms with Crippen molar-refractivity contribution in [3.05, 3.63) is 22.7 Å². The van der Waals surface area contributed by atoms with Gasteiger partial charge < -0.3 is 15.0 Å². The lowest BCUT2D eigenvalue weighted by atomic mass is 10.4. The third-order valence-corrected chi connectivity index (χ3v) is 1.56. The summed E-state index contributed by atoms with van der Waals surface area (Å²) in [6.45, 7) is 0.326. The zero-order chi connectivity index (χ0) is 10.4. The Morgan fingerprint density at radius 3 is 3.14 bits per heavy atom. The number of nitrogens with one attached hydrogen (secondary N) is 2. The third kappa shape index (κ3) is 2.89. The Hall–Kier alpha value is -1.85. The van der Waals surface area contributed by atoms with Crippen molar-refractivity contribution >= 4 is 11.8 Å². The van der Waals surface area contributed by atoms with Gasteiger partial charge in [-0.15, -0.1) is 0 Å². The monoisotopic (exact) mass is 197 g/mol. The Balaban J connectivity index is 2.43. The predicted octanol–water partition coefficient (Wildman–Crippen LogP) is -0.255. The normalized spacial score (nSPS) is 9.50. The lowest BCUT2D eigenvalue weighted by molar-refractivity contribution is -0.140. The molecule has 2 N–H and O–H groups in total. The van der Waals surface area contributed by atoms with Crippen molar-refractivity contribution in [1.82, 2.24) is 9.97 Å². The molecule has 76 valence electrons. The standard InChI is InChI=1S/C8H11N3O3/c1-14-6(12)2-3-9-7-8(13)11-5-4-10-7/h4-5H,2-3H2,1H3,(H,9,10)(H,11,13). The molecule has 0 saturated heterocycles. The summed E-state index contributed by atoms with van der Waals surface area (Å²) >= 11 is 0. The Morgan fingerprint density at radius 1 is 1.71 bits per heavy atom. The molecule has 6 nitrogen and oxygen atoms in total. The topological polar surface area (TPSA) is 84.1 Å². The Bertz CT molecular complexity index is 361. The molecule has 0 aliphatic carbocycles. The first-order valence-corrected chi connectivity index (χ1v) is 4.08. The third-order valence-electron chi connectivity index (χ3n) is 1.56. The molecule has 1 rings (SSSR count). The van der Waals surface area contributed by atoms with Crippen LogP contribution >= 0.6 is 0 Å². The number of methoxy groups -OCH3 is 1. The highest BCUT2D eigenvalue weighted by Gasteiger charge is 2.01. The average Bonchev–Trinajstić information content (AvgIpc) is 2.20. The van der Waals surface area contributed by atoms with E-state index in [0.717, 1.165) is 0 Å². The number of esters is 1. The van der Waals surface area contributed by atoms with Gasteiger partial charge in [-0.3, -0.25) is 9.59 Å². The van der Waals surface area contributed by atoms with Gasteiger partial charge in [0.1, 0.15) is 0 Å². The minimum atomic E-state index is -0.329. The van der Waals surface area contributed by atoms with Crippen molar-refractivity contribution in [1.29, 1.82) is 0 Å². The first kappa shape index (κ1) is 10.2. The van der Waals surface area contributed by atoms with Crippen molar-refractivity contribution in [3.63, 3.8) is 0 Å². The smallest absolute Gasteiger partial charge is 0.307 e. The molecule has 0 radical (unpaired) electrons. The molecule has 0 saturated carbocycles. The lowest BCUT2D eigenvalue weighted by Gasteiger charge is -2.02. The van der Waals surface area contributed by atoms with Crippen LogP contribution in [0.25, 0.3) is 0 Å². The van der Waals surface area contributed by atoms with E-state index in [-0.39, 0.29) is 23.8 Å². The van der Waals surface area contributed by atoms with Crippen molar-refractivity contribution < 1.29 is 9.53 Å². The highest BCUT2D eigenvalue weighted by molar-refractivity contribution is 5.69. The number of hydrogen-bond donors (Lipinski definition) is 2. The van der Waals surface area contributed by atoms with Gasteiger partial charge in [-0.2, -0.15) is 0 Å². The average molecular weight is 197 g/mol. The second kappa shape index (κ2) is 5.00. The van der Waals surface area contributed by atoms with E-state index in [1.807, 2.05) is 0 Å². The number of H-pyrrole nitrogens is 1. The second-order valence-electron chi connectivity index (χ2n) is 2.52. The SMILES string of the molecule is COC(=O)CCNc1ncc[nH]c1=O. The number of carbonyl (C=O) groups excluding carboxylic acids is 1. The summed E-state index contributed by atoms with van der Waals surface area (Å²) in [5.41, 5.74) is -0.308. The predicted molar refractivity (Wildman–Crippen MR) is 50.0 cm³/mol. The van der Waals surface area contributed by atoms with Gasteiger partial charge in [0.15, 0.2) is 5.82 Å². The Morgan fingerprint density at radius 2 is 2.50 bits per heavy atom. The molecule has 0 aliphatic rings. The van der Waals surface area contributed by atoms with E-state index in [1.54, 1.807) is 0 Å². The minimum Gasteiger partial charge on any atom is -0.469 e. The van der Waals surface area contributed by atoms with Gasteiger partial charge >= 0.3 is 5.97 Å². The van der Waals surface area contributed by atoms with Gasteiger partial charge in [0.2, 0.25) is 0 Å². The zero-order valence-corrected chi connectivity index (χ0v) is 7.74. The maximum Gasteiger partial charge on any atom is 0.307 e. The fourth-order valence-corrected chi connectivity index (χ4v) is 0.863. The van der Waals surface area contributed by atoms with Crippen LogP contribution in [-0.2, 0) is 9.53 Å². The van der Waals surface area contributed by atoms with Crippen molar-refractivity contribution in [2.75, 3.05) is 19.0 Å². The van der Waals surface area contributed by atoms with Gasteiger partial charge in [-0.05, 0) is 0 Å². The number of nitrogens with zero attached hydrogens (tertiary/aromatic N) is 1. The molecule has 0 atom stereocenters. The zero-order valence-electron chi connectivity index (χ0n) is 7.74. The molecule has 0 aliphatic heterocycles. The molecule has 0 bridgehead atoms. The summed E-state index contributed by atoms with van der Waals surface area (Å²) in [5, 5.41) is 2.72. The summed E-state index contributed by atoms with van der Waals surface area (Å²) in [4.78, 5) is 28.0. The second-order valence-corrected chi connectivity index (χ2v) is 2.52. The van der Waals surface area contributed by atoms with Crippen LogP contribution < -0.4 is 10.9 Å². The van der Waals surface area contributed by atoms with E-state index >= 15 is 0 Å². The molecule has 0 spiro atoms. The number of aromatic amines is 1. The molecular weight excluding hydrogens is 186 g/mol. The number of carbonyl (C=O) groups is 1. The van der Waals surface area contributed by atoms with E-state index in [4.69, 9.17) is 0 Å². The fraction of sp³-hybridized carbons (Fsp3) is 0.375. The van der Waals surface area contributed by atoms with Gasteiger partial charge in [0, 0.05) is 18.9 Å². The number of rotatable bonds is 4. The van der Waals surface area contributed by atoms with Crippen molar-refractivity contribution in [3.8, 4) is 0 Å². The fourth-order valence-electron chi connectivity index (χ4n) is 0.863. The highest BCUT2D eigenvalue weighted by atomic mass is 16.5. The minimum absolute atomic E-state index is 0.201. The maximum absolute atomic E-state index is 11.1. The first-order valence-electron chi connectivity index (χ1n) is 4.08. The molecule has 0 fully saturated rings. The molecule has 0 amide bonds. The summed E-state index contributed by atoms with van der Waals surface area (Å²) in [6, 6.07) is 0. The van der Waals surface area contributed by atoms with Crippen LogP contribution in [0.5, 0.6) is 0 Å². The van der Waals surface area contributed by atoms with E-state index < -0.39 is 0 Å². The first-order chi connectivity index (χ1) is 6.74. The highest BCUT2D eigenvalue weighted by Crippen LogP contribution is 1.91. The molecule has 0 aromatic carbocycles. The van der Waals surface area contributed by atoms with Crippen LogP contribution in [0.3, 0.4) is 0 Å². The number of aromatic nitrogens is 2. The number of hydrogen-bond acceptors (Lipinski definition) is 5. The lowest BCUT2D eigenvalue weighted by Crippen LogP contribution is -2.18. The van der Waals surface area contributed by atoms with Crippen LogP contribution in [0, 0.1) is 0 Å². The molecule has 1 aromatic heterocycles. The Kier molecular flexibility index (Phi) is 3.66. The number of ether oxygens (including phenoxy) is 1. The molecule has 6 heteroatoms. The van der Waals surface area contributed by atoms with Gasteiger partial charge in [-0.1, -0.05) is 0 Å². The maximum atomic E-state index is 11.1. The van der Waals surface area contributed by atoms with Crippen LogP contribution in [-0.4, -0.2) is 29.6 Å². The summed E-state index contributed by atoms with van der Waals surface area (Å²) < 4.78 is 4.43. The molecule has 14 heavy (non-hydrogen) atoms. The molecule has 1 heterocycles. The van der Waals surface area contributed by atoms with E-state index in [9.17, 15) is 9.59 Å². The van der Waals surface area contributed by atoms with Crippen molar-refractivity contribution in [2.24, 2.45) is 0 Å². The van der Waals surface area contributed by atoms with Gasteiger partial charge in [0.05, 0.1) is 13.5 Å². The van der Waals surface area contributed by atoms with Gasteiger partial charge in [0.25, 0.3) is 5.56 Å². The van der Waals surface area contributed by atoms with Crippen LogP contribution in [0.2, 0.25) is 0 Å². The van der Waals surface area contributed by atoms with Crippen LogP contribution in [0.4, 0.5) is 5.82 Å². The van der Waals surface area contributed by atoms with E-state index in [1.165, 1.54) is 19.5 Å². The largest absolute Gasteiger partial charge is 0.469 e. The van der Waals surface area contributed by atoms with Gasteiger partial charge in [-0.25, -0.2) is 4.98 Å². The molecule has 1 aromatic rings. The molecule has 0 unspecified atom stereocenters. The van der Waals surface area contributed by atoms with E-state index in [0.29, 0.717) is 6.54 Å². The van der Waals surface area contributed by atoms with Crippen LogP contribution in [0.1, 0.15) is 6.42 Å². The Labute approximate surface area is 80.3 Å². The van der Waals surface area contributed by atoms with Crippen molar-refractivity contribution in [2.45, 2.75) is 6.42 Å². The quantitative estimate of drug-likeness (QED) is 0.650. The summed E-state index contributed by atoms with van der Waals surface area (Å²) in [7, 11) is 1.32. The molecular formula is C8H11N3O3. The summed E-state index contributed by atoms with van der Waals surface area (Å²) in [5.74, 6) is -0.124.